The van der Waals surface area contributed by atoms with E-state index in [1.165, 1.54) is 0 Å². The van der Waals surface area contributed by atoms with Crippen LogP contribution in [0.15, 0.2) is 54.7 Å². The van der Waals surface area contributed by atoms with Gasteiger partial charge in [-0.1, -0.05) is 24.3 Å². The quantitative estimate of drug-likeness (QED) is 0.772. The predicted octanol–water partition coefficient (Wildman–Crippen LogP) is 3.74. The number of anilines is 1. The highest BCUT2D eigenvalue weighted by molar-refractivity contribution is 5.96. The van der Waals surface area contributed by atoms with Crippen molar-refractivity contribution in [1.29, 1.82) is 0 Å². The maximum atomic E-state index is 12.9. The number of hydrogen-bond donors (Lipinski definition) is 1. The van der Waals surface area contributed by atoms with E-state index in [0.29, 0.717) is 17.9 Å². The van der Waals surface area contributed by atoms with Crippen molar-refractivity contribution in [2.24, 2.45) is 0 Å². The first-order valence-electron chi connectivity index (χ1n) is 9.22. The van der Waals surface area contributed by atoms with Crippen molar-refractivity contribution in [2.75, 3.05) is 25.9 Å². The molecular formula is C22H23N3O2. The van der Waals surface area contributed by atoms with Crippen LogP contribution < -0.4 is 5.73 Å². The Balaban J connectivity index is 1.63. The highest BCUT2D eigenvalue weighted by Crippen LogP contribution is 2.26. The molecule has 5 heteroatoms. The Hall–Kier alpha value is -2.92. The van der Waals surface area contributed by atoms with Gasteiger partial charge in [0.25, 0.3) is 5.91 Å². The van der Waals surface area contributed by atoms with E-state index < -0.39 is 0 Å². The smallest absolute Gasteiger partial charge is 0.253 e. The molecule has 4 rings (SSSR count). The summed E-state index contributed by atoms with van der Waals surface area (Å²) in [6.45, 7) is 1.44. The van der Waals surface area contributed by atoms with Gasteiger partial charge in [-0.25, -0.2) is 4.98 Å². The second-order valence-corrected chi connectivity index (χ2v) is 7.00. The van der Waals surface area contributed by atoms with E-state index in [2.05, 4.69) is 11.1 Å². The van der Waals surface area contributed by atoms with Gasteiger partial charge in [0.05, 0.1) is 6.10 Å². The minimum absolute atomic E-state index is 0.0628. The predicted molar refractivity (Wildman–Crippen MR) is 108 cm³/mol. The number of piperidine rings is 1. The number of nitrogens with zero attached hydrogens (tertiary/aromatic N) is 2. The zero-order chi connectivity index (χ0) is 18.8. The summed E-state index contributed by atoms with van der Waals surface area (Å²) in [6, 6.07) is 15.8. The molecule has 0 bridgehead atoms. The maximum Gasteiger partial charge on any atom is 0.253 e. The number of fused-ring (bicyclic) bond motifs is 1. The number of benzene rings is 2. The molecule has 0 radical (unpaired) electrons. The lowest BCUT2D eigenvalue weighted by atomic mass is 9.99. The first-order chi connectivity index (χ1) is 13.1. The highest BCUT2D eigenvalue weighted by Gasteiger charge is 2.24. The number of carbonyl (C=O) groups is 1. The number of likely N-dealkylation sites (tertiary alicyclic amines) is 1. The summed E-state index contributed by atoms with van der Waals surface area (Å²) < 4.78 is 5.44. The highest BCUT2D eigenvalue weighted by atomic mass is 16.5. The Kier molecular flexibility index (Phi) is 4.77. The van der Waals surface area contributed by atoms with E-state index >= 15 is 0 Å². The second kappa shape index (κ2) is 7.37. The number of methoxy groups -OCH3 is 1. The number of rotatable bonds is 3. The van der Waals surface area contributed by atoms with Gasteiger partial charge in [-0.3, -0.25) is 4.79 Å². The van der Waals surface area contributed by atoms with Crippen molar-refractivity contribution < 1.29 is 9.53 Å². The minimum Gasteiger partial charge on any atom is -0.384 e. The molecule has 2 aromatic carbocycles. The van der Waals surface area contributed by atoms with Crippen LogP contribution in [0.25, 0.3) is 21.9 Å². The van der Waals surface area contributed by atoms with Crippen molar-refractivity contribution in [2.45, 2.75) is 18.9 Å². The van der Waals surface area contributed by atoms with Crippen LogP contribution in [0.2, 0.25) is 0 Å². The average molecular weight is 361 g/mol. The van der Waals surface area contributed by atoms with Gasteiger partial charge in [-0.15, -0.1) is 0 Å². The number of amides is 1. The summed E-state index contributed by atoms with van der Waals surface area (Å²) >= 11 is 0. The summed E-state index contributed by atoms with van der Waals surface area (Å²) in [5.74, 6) is 0.564. The molecule has 0 unspecified atom stereocenters. The number of carbonyl (C=O) groups excluding carboxylic acids is 1. The third-order valence-corrected chi connectivity index (χ3v) is 5.18. The molecule has 0 saturated carbocycles. The molecule has 138 valence electrons. The van der Waals surface area contributed by atoms with Crippen LogP contribution in [-0.4, -0.2) is 42.1 Å². The molecule has 3 aromatic rings. The Morgan fingerprint density at radius 2 is 2.00 bits per heavy atom. The third kappa shape index (κ3) is 3.64. The van der Waals surface area contributed by atoms with Gasteiger partial charge < -0.3 is 15.4 Å². The fourth-order valence-corrected chi connectivity index (χ4v) is 3.67. The zero-order valence-corrected chi connectivity index (χ0v) is 15.4. The van der Waals surface area contributed by atoms with E-state index in [4.69, 9.17) is 10.5 Å². The lowest BCUT2D eigenvalue weighted by Crippen LogP contribution is -2.42. The van der Waals surface area contributed by atoms with Crippen LogP contribution in [0.3, 0.4) is 0 Å². The van der Waals surface area contributed by atoms with E-state index in [1.54, 1.807) is 13.3 Å². The van der Waals surface area contributed by atoms with Crippen LogP contribution >= 0.6 is 0 Å². The standard InChI is InChI=1S/C22H23N3O2/c1-27-20-6-3-9-25(14-20)22(26)17-5-2-4-15(10-17)16-7-8-18-13-24-21(23)12-19(18)11-16/h2,4-5,7-8,10-13,20H,3,6,9,14H2,1H3,(H2,23,24)/t20-/m0/s1. The molecular weight excluding hydrogens is 338 g/mol. The number of ether oxygens (including phenoxy) is 1. The van der Waals surface area contributed by atoms with Gasteiger partial charge in [0, 0.05) is 37.3 Å². The van der Waals surface area contributed by atoms with Gasteiger partial charge in [0.2, 0.25) is 0 Å². The van der Waals surface area contributed by atoms with Crippen LogP contribution in [0, 0.1) is 0 Å². The molecule has 1 amide bonds. The van der Waals surface area contributed by atoms with Crippen molar-refractivity contribution in [3.63, 3.8) is 0 Å². The fourth-order valence-electron chi connectivity index (χ4n) is 3.67. The fraction of sp³-hybridized carbons (Fsp3) is 0.273. The van der Waals surface area contributed by atoms with Gasteiger partial charge in [0.15, 0.2) is 0 Å². The molecule has 1 aliphatic rings. The van der Waals surface area contributed by atoms with Crippen molar-refractivity contribution in [1.82, 2.24) is 9.88 Å². The molecule has 2 heterocycles. The molecule has 5 nitrogen and oxygen atoms in total. The van der Waals surface area contributed by atoms with Gasteiger partial charge in [-0.2, -0.15) is 0 Å². The van der Waals surface area contributed by atoms with Crippen LogP contribution in [0.4, 0.5) is 5.82 Å². The lowest BCUT2D eigenvalue weighted by molar-refractivity contribution is 0.0269. The Labute approximate surface area is 158 Å². The molecule has 2 N–H and O–H groups in total. The monoisotopic (exact) mass is 361 g/mol. The molecule has 1 atom stereocenters. The molecule has 1 saturated heterocycles. The Morgan fingerprint density at radius 1 is 1.15 bits per heavy atom. The molecule has 27 heavy (non-hydrogen) atoms. The van der Waals surface area contributed by atoms with E-state index in [9.17, 15) is 4.79 Å². The summed E-state index contributed by atoms with van der Waals surface area (Å²) in [5.41, 5.74) is 8.58. The summed E-state index contributed by atoms with van der Waals surface area (Å²) in [7, 11) is 1.71. The number of nitrogen functional groups attached to an aromatic ring is 1. The second-order valence-electron chi connectivity index (χ2n) is 7.00. The first kappa shape index (κ1) is 17.5. The number of nitrogens with two attached hydrogens (primary N) is 1. The van der Waals surface area contributed by atoms with E-state index in [1.807, 2.05) is 47.4 Å². The van der Waals surface area contributed by atoms with Gasteiger partial charge in [-0.05, 0) is 53.6 Å². The molecule has 1 aliphatic heterocycles. The number of aromatic nitrogens is 1. The van der Waals surface area contributed by atoms with Gasteiger partial charge >= 0.3 is 0 Å². The van der Waals surface area contributed by atoms with Crippen LogP contribution in [0.5, 0.6) is 0 Å². The Morgan fingerprint density at radius 3 is 2.85 bits per heavy atom. The summed E-state index contributed by atoms with van der Waals surface area (Å²) in [5, 5.41) is 2.08. The largest absolute Gasteiger partial charge is 0.384 e. The van der Waals surface area contributed by atoms with Crippen molar-refractivity contribution in [3.8, 4) is 11.1 Å². The summed E-state index contributed by atoms with van der Waals surface area (Å²) in [6.07, 6.45) is 3.89. The Bertz CT molecular complexity index is 986. The average Bonchev–Trinajstić information content (AvgIpc) is 2.72. The van der Waals surface area contributed by atoms with E-state index in [-0.39, 0.29) is 12.0 Å². The van der Waals surface area contributed by atoms with Gasteiger partial charge in [0.1, 0.15) is 5.82 Å². The van der Waals surface area contributed by atoms with Crippen LogP contribution in [0.1, 0.15) is 23.2 Å². The summed E-state index contributed by atoms with van der Waals surface area (Å²) in [4.78, 5) is 19.0. The molecule has 0 aliphatic carbocycles. The number of hydrogen-bond acceptors (Lipinski definition) is 4. The maximum absolute atomic E-state index is 12.9. The zero-order valence-electron chi connectivity index (χ0n) is 15.4. The van der Waals surface area contributed by atoms with Crippen LogP contribution in [-0.2, 0) is 4.74 Å². The van der Waals surface area contributed by atoms with Crippen molar-refractivity contribution >= 4 is 22.5 Å². The molecule has 0 spiro atoms. The topological polar surface area (TPSA) is 68.5 Å². The first-order valence-corrected chi connectivity index (χ1v) is 9.22. The van der Waals surface area contributed by atoms with Crippen molar-refractivity contribution in [3.05, 3.63) is 60.3 Å². The SMILES string of the molecule is CO[C@H]1CCCN(C(=O)c2cccc(-c3ccc4cnc(N)cc4c3)c2)C1. The minimum atomic E-state index is 0.0628. The molecule has 1 fully saturated rings. The number of pyridine rings is 1. The lowest BCUT2D eigenvalue weighted by Gasteiger charge is -2.32. The third-order valence-electron chi connectivity index (χ3n) is 5.18. The molecule has 1 aromatic heterocycles. The van der Waals surface area contributed by atoms with E-state index in [0.717, 1.165) is 41.3 Å². The normalized spacial score (nSPS) is 17.2.